The number of anilines is 1. The Balaban J connectivity index is 0.000000400. The molecule has 1 aromatic rings. The number of nitrogens with one attached hydrogen (secondary N) is 1. The van der Waals surface area contributed by atoms with Crippen LogP contribution >= 0.6 is 0 Å². The van der Waals surface area contributed by atoms with Gasteiger partial charge in [0.2, 0.25) is 18.2 Å². The lowest BCUT2D eigenvalue weighted by Crippen LogP contribution is -2.49. The molecule has 3 atom stereocenters. The number of carbonyl (C=O) groups excluding carboxylic acids is 3. The van der Waals surface area contributed by atoms with E-state index >= 15 is 0 Å². The van der Waals surface area contributed by atoms with Crippen LogP contribution in [0.5, 0.6) is 0 Å². The van der Waals surface area contributed by atoms with Crippen LogP contribution in [0.1, 0.15) is 60.3 Å². The van der Waals surface area contributed by atoms with Gasteiger partial charge in [-0.25, -0.2) is 0 Å². The van der Waals surface area contributed by atoms with Crippen molar-refractivity contribution in [2.75, 3.05) is 39.5 Å². The molecule has 2 fully saturated rings. The molecule has 1 aromatic carbocycles. The van der Waals surface area contributed by atoms with Crippen LogP contribution in [0.2, 0.25) is 0 Å². The molecule has 1 aliphatic carbocycles. The Morgan fingerprint density at radius 3 is 2.19 bits per heavy atom. The topological polar surface area (TPSA) is 96.8 Å². The summed E-state index contributed by atoms with van der Waals surface area (Å²) >= 11 is 0. The zero-order chi connectivity index (χ0) is 28.2. The lowest BCUT2D eigenvalue weighted by Gasteiger charge is -2.29. The highest BCUT2D eigenvalue weighted by Gasteiger charge is 2.36. The van der Waals surface area contributed by atoms with E-state index in [2.05, 4.69) is 39.1 Å². The summed E-state index contributed by atoms with van der Waals surface area (Å²) < 4.78 is 0. The summed E-state index contributed by atoms with van der Waals surface area (Å²) in [6, 6.07) is 11.0. The third-order valence-electron chi connectivity index (χ3n) is 5.89. The van der Waals surface area contributed by atoms with Gasteiger partial charge in [-0.1, -0.05) is 65.7 Å². The van der Waals surface area contributed by atoms with E-state index in [0.29, 0.717) is 30.2 Å². The van der Waals surface area contributed by atoms with Crippen molar-refractivity contribution in [2.24, 2.45) is 17.3 Å². The van der Waals surface area contributed by atoms with Crippen LogP contribution < -0.4 is 5.32 Å². The van der Waals surface area contributed by atoms with E-state index in [1.165, 1.54) is 17.7 Å². The predicted molar refractivity (Wildman–Crippen MR) is 149 cm³/mol. The largest absolute Gasteiger partial charge is 0.335 e. The molecule has 3 unspecified atom stereocenters. The van der Waals surface area contributed by atoms with Gasteiger partial charge in [-0.2, -0.15) is 5.26 Å². The average molecular weight is 514 g/mol. The van der Waals surface area contributed by atoms with Gasteiger partial charge in [0.05, 0.1) is 18.7 Å². The second-order valence-corrected chi connectivity index (χ2v) is 12.0. The van der Waals surface area contributed by atoms with Crippen molar-refractivity contribution < 1.29 is 14.4 Å². The normalized spacial score (nSPS) is 19.4. The van der Waals surface area contributed by atoms with Crippen LogP contribution in [0.25, 0.3) is 0 Å². The predicted octanol–water partition coefficient (Wildman–Crippen LogP) is 4.24. The van der Waals surface area contributed by atoms with Crippen molar-refractivity contribution >= 4 is 23.9 Å². The maximum atomic E-state index is 12.7. The van der Waals surface area contributed by atoms with E-state index in [1.54, 1.807) is 11.9 Å². The standard InChI is InChI=1S/C17H28N4O2.C7H7NO.C5H12/c1-12-7-14(9-18)21(10-12)16(22)11-20(4)17(23)15(19(2)3)8-13-5-6-13;9-6-8-7-4-2-1-3-5-7;1-5(2,3)4/h12-15H,5-8,10-11H2,1-4H3;1-6H,(H,8,9);1-4H3. The Kier molecular flexibility index (Phi) is 13.3. The number of likely N-dealkylation sites (N-methyl/N-ethyl adjacent to an activating group) is 2. The van der Waals surface area contributed by atoms with Crippen molar-refractivity contribution in [3.05, 3.63) is 30.3 Å². The Morgan fingerprint density at radius 2 is 1.73 bits per heavy atom. The number of nitrogens with zero attached hydrogens (tertiary/aromatic N) is 4. The number of hydrogen-bond acceptors (Lipinski definition) is 5. The number of amides is 3. The minimum Gasteiger partial charge on any atom is -0.335 e. The Morgan fingerprint density at radius 1 is 1.16 bits per heavy atom. The average Bonchev–Trinajstić information content (AvgIpc) is 3.55. The molecule has 0 aromatic heterocycles. The minimum atomic E-state index is -0.350. The number of likely N-dealkylation sites (tertiary alicyclic amines) is 1. The van der Waals surface area contributed by atoms with Crippen molar-refractivity contribution in [1.82, 2.24) is 14.7 Å². The number of nitriles is 1. The van der Waals surface area contributed by atoms with Gasteiger partial charge in [0.15, 0.2) is 0 Å². The van der Waals surface area contributed by atoms with E-state index in [9.17, 15) is 19.6 Å². The van der Waals surface area contributed by atoms with E-state index in [1.807, 2.05) is 56.3 Å². The summed E-state index contributed by atoms with van der Waals surface area (Å²) in [5.41, 5.74) is 1.33. The third kappa shape index (κ3) is 13.3. The SMILES string of the molecule is CC(C)(C)C.CC1CC(C#N)N(C(=O)CN(C)C(=O)C(CC2CC2)N(C)C)C1.O=CNc1ccccc1. The summed E-state index contributed by atoms with van der Waals surface area (Å²) in [5.74, 6) is 0.864. The highest BCUT2D eigenvalue weighted by atomic mass is 16.2. The van der Waals surface area contributed by atoms with Crippen molar-refractivity contribution in [2.45, 2.75) is 72.4 Å². The van der Waals surface area contributed by atoms with Crippen LogP contribution in [0, 0.1) is 28.6 Å². The molecule has 37 heavy (non-hydrogen) atoms. The van der Waals surface area contributed by atoms with E-state index in [0.717, 1.165) is 18.5 Å². The van der Waals surface area contributed by atoms with Gasteiger partial charge in [0.25, 0.3) is 0 Å². The Labute approximate surface area is 224 Å². The molecule has 8 nitrogen and oxygen atoms in total. The summed E-state index contributed by atoms with van der Waals surface area (Å²) in [5, 5.41) is 11.7. The third-order valence-corrected chi connectivity index (χ3v) is 5.89. The van der Waals surface area contributed by atoms with Gasteiger partial charge < -0.3 is 15.1 Å². The minimum absolute atomic E-state index is 0.00370. The molecular formula is C29H47N5O3. The number of benzene rings is 1. The second-order valence-electron chi connectivity index (χ2n) is 12.0. The van der Waals surface area contributed by atoms with Crippen LogP contribution in [0.15, 0.2) is 30.3 Å². The molecular weight excluding hydrogens is 466 g/mol. The summed E-state index contributed by atoms with van der Waals surface area (Å²) in [6.45, 7) is 11.5. The molecule has 8 heteroatoms. The molecule has 1 N–H and O–H groups in total. The number of rotatable bonds is 8. The zero-order valence-corrected chi connectivity index (χ0v) is 24.0. The molecule has 1 saturated carbocycles. The lowest BCUT2D eigenvalue weighted by molar-refractivity contribution is -0.142. The van der Waals surface area contributed by atoms with Crippen LogP contribution in [0.4, 0.5) is 5.69 Å². The summed E-state index contributed by atoms with van der Waals surface area (Å²) in [6.07, 6.45) is 4.66. The van der Waals surface area contributed by atoms with Gasteiger partial charge in [-0.05, 0) is 56.3 Å². The fraction of sp³-hybridized carbons (Fsp3) is 0.655. The van der Waals surface area contributed by atoms with Crippen molar-refractivity contribution in [1.29, 1.82) is 5.26 Å². The van der Waals surface area contributed by atoms with E-state index in [4.69, 9.17) is 0 Å². The Hall–Kier alpha value is -2.92. The van der Waals surface area contributed by atoms with Gasteiger partial charge in [0, 0.05) is 19.3 Å². The first-order valence-corrected chi connectivity index (χ1v) is 13.1. The maximum absolute atomic E-state index is 12.7. The molecule has 206 valence electrons. The maximum Gasteiger partial charge on any atom is 0.243 e. The molecule has 1 aliphatic heterocycles. The number of para-hydroxylation sites is 1. The van der Waals surface area contributed by atoms with Crippen LogP contribution in [-0.4, -0.2) is 79.2 Å². The van der Waals surface area contributed by atoms with Gasteiger partial charge in [-0.15, -0.1) is 0 Å². The first-order chi connectivity index (χ1) is 17.3. The molecule has 0 radical (unpaired) electrons. The van der Waals surface area contributed by atoms with E-state index < -0.39 is 0 Å². The van der Waals surface area contributed by atoms with Gasteiger partial charge in [0.1, 0.15) is 6.04 Å². The zero-order valence-electron chi connectivity index (χ0n) is 24.0. The molecule has 0 spiro atoms. The highest BCUT2D eigenvalue weighted by Crippen LogP contribution is 2.34. The molecule has 1 heterocycles. The molecule has 1 saturated heterocycles. The smallest absolute Gasteiger partial charge is 0.243 e. The summed E-state index contributed by atoms with van der Waals surface area (Å²) in [4.78, 5) is 40.1. The van der Waals surface area contributed by atoms with Crippen LogP contribution in [-0.2, 0) is 14.4 Å². The first-order valence-electron chi connectivity index (χ1n) is 13.1. The monoisotopic (exact) mass is 513 g/mol. The molecule has 0 bridgehead atoms. The fourth-order valence-electron chi connectivity index (χ4n) is 3.87. The molecule has 2 aliphatic rings. The number of hydrogen-bond donors (Lipinski definition) is 1. The van der Waals surface area contributed by atoms with Gasteiger partial charge >= 0.3 is 0 Å². The first kappa shape index (κ1) is 32.1. The van der Waals surface area contributed by atoms with Crippen molar-refractivity contribution in [3.63, 3.8) is 0 Å². The van der Waals surface area contributed by atoms with Crippen LogP contribution in [0.3, 0.4) is 0 Å². The summed E-state index contributed by atoms with van der Waals surface area (Å²) in [7, 11) is 5.51. The Bertz CT molecular complexity index is 881. The quantitative estimate of drug-likeness (QED) is 0.525. The fourth-order valence-corrected chi connectivity index (χ4v) is 3.87. The highest BCUT2D eigenvalue weighted by molar-refractivity contribution is 5.87. The van der Waals surface area contributed by atoms with Crippen molar-refractivity contribution in [3.8, 4) is 6.07 Å². The molecule has 3 amide bonds. The second kappa shape index (κ2) is 15.4. The lowest BCUT2D eigenvalue weighted by atomic mass is 10.0. The van der Waals surface area contributed by atoms with Gasteiger partial charge in [-0.3, -0.25) is 19.3 Å². The van der Waals surface area contributed by atoms with E-state index in [-0.39, 0.29) is 30.4 Å². The number of carbonyl (C=O) groups is 3. The molecule has 3 rings (SSSR count).